The number of rotatable bonds is 2. The maximum absolute atomic E-state index is 13.0. The number of hydrogen-bond acceptors (Lipinski definition) is 4. The molecule has 2 heterocycles. The van der Waals surface area contributed by atoms with Gasteiger partial charge in [0.25, 0.3) is 0 Å². The molecule has 1 atom stereocenters. The Morgan fingerprint density at radius 1 is 1.25 bits per heavy atom. The van der Waals surface area contributed by atoms with Crippen LogP contribution < -0.4 is 0 Å². The van der Waals surface area contributed by atoms with E-state index in [2.05, 4.69) is 41.4 Å². The Morgan fingerprint density at radius 3 is 2.95 bits per heavy atom. The summed E-state index contributed by atoms with van der Waals surface area (Å²) in [5.41, 5.74) is 0.879. The molecule has 1 aromatic heterocycles. The number of nitrogens with zero attached hydrogens (tertiary/aromatic N) is 2. The lowest BCUT2D eigenvalue weighted by Crippen LogP contribution is -2.43. The fraction of sp³-hybridized carbons (Fsp3) is 0.438. The summed E-state index contributed by atoms with van der Waals surface area (Å²) in [5.74, 6) is 0.259. The second-order valence-corrected chi connectivity index (χ2v) is 6.54. The summed E-state index contributed by atoms with van der Waals surface area (Å²) >= 11 is 1.66. The molecule has 1 aromatic carbocycles. The molecule has 1 aliphatic rings. The molecule has 1 saturated heterocycles. The Bertz CT molecular complexity index is 622. The molecule has 1 aliphatic heterocycles. The highest BCUT2D eigenvalue weighted by molar-refractivity contribution is 7.17. The van der Waals surface area contributed by atoms with Gasteiger partial charge in [-0.1, -0.05) is 12.1 Å². The molecule has 2 aromatic rings. The lowest BCUT2D eigenvalue weighted by molar-refractivity contribution is 0.0841. The first-order valence-corrected chi connectivity index (χ1v) is 7.94. The first kappa shape index (κ1) is 13.7. The van der Waals surface area contributed by atoms with Gasteiger partial charge in [-0.05, 0) is 56.5 Å². The minimum atomic E-state index is -0.0322. The third-order valence-electron chi connectivity index (χ3n) is 4.11. The standard InChI is InChI=1S/C16H20N2OS/c1-17-8-4-9-18(2)14(11-17)15(19)13-6-3-5-12-7-10-20-16(12)13/h3,5-7,10,14H,4,8-9,11H2,1-2H3. The van der Waals surface area contributed by atoms with Crippen LogP contribution in [0.1, 0.15) is 16.8 Å². The third-order valence-corrected chi connectivity index (χ3v) is 5.08. The third kappa shape index (κ3) is 2.51. The van der Waals surface area contributed by atoms with Gasteiger partial charge in [0.2, 0.25) is 0 Å². The molecule has 0 N–H and O–H groups in total. The highest BCUT2D eigenvalue weighted by Gasteiger charge is 2.28. The molecule has 0 aliphatic carbocycles. The lowest BCUT2D eigenvalue weighted by atomic mass is 10.0. The van der Waals surface area contributed by atoms with Gasteiger partial charge in [-0.25, -0.2) is 0 Å². The van der Waals surface area contributed by atoms with Gasteiger partial charge in [-0.15, -0.1) is 11.3 Å². The SMILES string of the molecule is CN1CCCN(C)C(C(=O)c2cccc3ccsc23)C1. The van der Waals surface area contributed by atoms with Crippen LogP contribution in [0.5, 0.6) is 0 Å². The number of hydrogen-bond donors (Lipinski definition) is 0. The molecule has 0 bridgehead atoms. The average molecular weight is 288 g/mol. The Morgan fingerprint density at radius 2 is 2.10 bits per heavy atom. The Balaban J connectivity index is 1.96. The van der Waals surface area contributed by atoms with E-state index in [4.69, 9.17) is 0 Å². The highest BCUT2D eigenvalue weighted by Crippen LogP contribution is 2.26. The zero-order valence-corrected chi connectivity index (χ0v) is 12.8. The number of benzene rings is 1. The molecule has 0 spiro atoms. The lowest BCUT2D eigenvalue weighted by Gasteiger charge is -2.26. The van der Waals surface area contributed by atoms with E-state index in [1.54, 1.807) is 11.3 Å². The first-order valence-electron chi connectivity index (χ1n) is 7.06. The van der Waals surface area contributed by atoms with Gasteiger partial charge in [0.05, 0.1) is 6.04 Å². The summed E-state index contributed by atoms with van der Waals surface area (Å²) in [6.45, 7) is 2.87. The summed E-state index contributed by atoms with van der Waals surface area (Å²) < 4.78 is 1.12. The van der Waals surface area contributed by atoms with Crippen LogP contribution in [0.15, 0.2) is 29.6 Å². The van der Waals surface area contributed by atoms with Gasteiger partial charge >= 0.3 is 0 Å². The summed E-state index contributed by atoms with van der Waals surface area (Å²) in [6.07, 6.45) is 1.12. The van der Waals surface area contributed by atoms with Crippen LogP contribution in [0.25, 0.3) is 10.1 Å². The van der Waals surface area contributed by atoms with Crippen molar-refractivity contribution in [1.29, 1.82) is 0 Å². The van der Waals surface area contributed by atoms with Crippen molar-refractivity contribution in [3.8, 4) is 0 Å². The maximum Gasteiger partial charge on any atom is 0.182 e. The van der Waals surface area contributed by atoms with Gasteiger partial charge in [0.1, 0.15) is 0 Å². The van der Waals surface area contributed by atoms with Gasteiger partial charge < -0.3 is 4.90 Å². The van der Waals surface area contributed by atoms with Crippen molar-refractivity contribution in [2.75, 3.05) is 33.7 Å². The molecular weight excluding hydrogens is 268 g/mol. The number of Topliss-reactive ketones (excluding diaryl/α,β-unsaturated/α-hetero) is 1. The van der Waals surface area contributed by atoms with Crippen molar-refractivity contribution in [3.63, 3.8) is 0 Å². The number of carbonyl (C=O) groups is 1. The van der Waals surface area contributed by atoms with Gasteiger partial charge in [-0.2, -0.15) is 0 Å². The predicted molar refractivity (Wildman–Crippen MR) is 84.7 cm³/mol. The maximum atomic E-state index is 13.0. The number of ketones is 1. The summed E-state index contributed by atoms with van der Waals surface area (Å²) in [7, 11) is 4.17. The fourth-order valence-electron chi connectivity index (χ4n) is 2.92. The number of thiophene rings is 1. The van der Waals surface area contributed by atoms with E-state index < -0.39 is 0 Å². The molecule has 1 fully saturated rings. The molecule has 0 saturated carbocycles. The number of likely N-dealkylation sites (N-methyl/N-ethyl adjacent to an activating group) is 2. The van der Waals surface area contributed by atoms with Gasteiger partial charge in [0.15, 0.2) is 5.78 Å². The van der Waals surface area contributed by atoms with Crippen LogP contribution in [0, 0.1) is 0 Å². The number of carbonyl (C=O) groups excluding carboxylic acids is 1. The van der Waals surface area contributed by atoms with Crippen molar-refractivity contribution in [3.05, 3.63) is 35.2 Å². The van der Waals surface area contributed by atoms with Crippen LogP contribution >= 0.6 is 11.3 Å². The quantitative estimate of drug-likeness (QED) is 0.794. The number of fused-ring (bicyclic) bond motifs is 1. The van der Waals surface area contributed by atoms with Crippen molar-refractivity contribution < 1.29 is 4.79 Å². The van der Waals surface area contributed by atoms with E-state index in [-0.39, 0.29) is 11.8 Å². The van der Waals surface area contributed by atoms with Crippen LogP contribution in [-0.4, -0.2) is 55.4 Å². The second-order valence-electron chi connectivity index (χ2n) is 5.62. The van der Waals surface area contributed by atoms with Crippen molar-refractivity contribution in [1.82, 2.24) is 9.80 Å². The minimum Gasteiger partial charge on any atom is -0.304 e. The molecule has 3 nitrogen and oxygen atoms in total. The minimum absolute atomic E-state index is 0.0322. The molecule has 0 radical (unpaired) electrons. The zero-order chi connectivity index (χ0) is 14.1. The Kier molecular flexibility index (Phi) is 3.87. The molecule has 3 rings (SSSR count). The second kappa shape index (κ2) is 5.64. The normalized spacial score (nSPS) is 22.0. The Labute approximate surface area is 123 Å². The topological polar surface area (TPSA) is 23.6 Å². The van der Waals surface area contributed by atoms with Crippen LogP contribution in [0.3, 0.4) is 0 Å². The first-order chi connectivity index (χ1) is 9.66. The zero-order valence-electron chi connectivity index (χ0n) is 12.0. The molecular formula is C16H20N2OS. The van der Waals surface area contributed by atoms with E-state index >= 15 is 0 Å². The van der Waals surface area contributed by atoms with Crippen LogP contribution in [0.2, 0.25) is 0 Å². The smallest absolute Gasteiger partial charge is 0.182 e. The van der Waals surface area contributed by atoms with Crippen molar-refractivity contribution >= 4 is 27.2 Å². The summed E-state index contributed by atoms with van der Waals surface area (Å²) in [5, 5.41) is 3.23. The van der Waals surface area contributed by atoms with E-state index in [0.29, 0.717) is 0 Å². The largest absolute Gasteiger partial charge is 0.304 e. The van der Waals surface area contributed by atoms with E-state index in [1.165, 1.54) is 5.39 Å². The summed E-state index contributed by atoms with van der Waals surface area (Å²) in [4.78, 5) is 17.4. The molecule has 4 heteroatoms. The highest BCUT2D eigenvalue weighted by atomic mass is 32.1. The molecule has 0 amide bonds. The van der Waals surface area contributed by atoms with Gasteiger partial charge in [0, 0.05) is 16.8 Å². The predicted octanol–water partition coefficient (Wildman–Crippen LogP) is 2.72. The van der Waals surface area contributed by atoms with Gasteiger partial charge in [-0.3, -0.25) is 9.69 Å². The molecule has 1 unspecified atom stereocenters. The van der Waals surface area contributed by atoms with Crippen LogP contribution in [-0.2, 0) is 0 Å². The van der Waals surface area contributed by atoms with Crippen LogP contribution in [0.4, 0.5) is 0 Å². The fourth-order valence-corrected chi connectivity index (χ4v) is 3.84. The molecule has 106 valence electrons. The van der Waals surface area contributed by atoms with E-state index in [1.807, 2.05) is 12.1 Å². The monoisotopic (exact) mass is 288 g/mol. The Hall–Kier alpha value is -1.23. The van der Waals surface area contributed by atoms with E-state index in [9.17, 15) is 4.79 Å². The summed E-state index contributed by atoms with van der Waals surface area (Å²) in [6, 6.07) is 8.09. The van der Waals surface area contributed by atoms with Crippen molar-refractivity contribution in [2.24, 2.45) is 0 Å². The van der Waals surface area contributed by atoms with E-state index in [0.717, 1.165) is 36.3 Å². The average Bonchev–Trinajstić information content (AvgIpc) is 2.85. The van der Waals surface area contributed by atoms with Crippen molar-refractivity contribution in [2.45, 2.75) is 12.5 Å². The molecule has 20 heavy (non-hydrogen) atoms.